The van der Waals surface area contributed by atoms with Crippen LogP contribution in [0.3, 0.4) is 0 Å². The van der Waals surface area contributed by atoms with E-state index in [0.29, 0.717) is 22.4 Å². The second-order valence-electron chi connectivity index (χ2n) is 6.98. The molecule has 0 aliphatic carbocycles. The molecule has 1 amide bonds. The monoisotopic (exact) mass is 443 g/mol. The van der Waals surface area contributed by atoms with E-state index in [2.05, 4.69) is 0 Å². The molecule has 1 aliphatic heterocycles. The van der Waals surface area contributed by atoms with E-state index in [0.717, 1.165) is 18.2 Å². The Morgan fingerprint density at radius 2 is 1.75 bits per heavy atom. The van der Waals surface area contributed by atoms with Gasteiger partial charge >= 0.3 is 0 Å². The first kappa shape index (κ1) is 22.9. The molecule has 0 bridgehead atoms. The third kappa shape index (κ3) is 5.26. The van der Waals surface area contributed by atoms with Crippen LogP contribution in [-0.2, 0) is 6.61 Å². The quantitative estimate of drug-likeness (QED) is 0.632. The van der Waals surface area contributed by atoms with Crippen molar-refractivity contribution >= 4 is 11.7 Å². The second kappa shape index (κ2) is 10.00. The zero-order valence-corrected chi connectivity index (χ0v) is 17.2. The molecule has 3 aromatic carbocycles. The summed E-state index contributed by atoms with van der Waals surface area (Å²) in [4.78, 5) is 22.2. The van der Waals surface area contributed by atoms with Crippen LogP contribution in [0.5, 0.6) is 11.5 Å². The summed E-state index contributed by atoms with van der Waals surface area (Å²) in [5, 5.41) is 0. The normalized spacial score (nSPS) is 12.2. The fourth-order valence-corrected chi connectivity index (χ4v) is 3.08. The number of ketones is 1. The largest absolute Gasteiger partial charge is 0.492 e. The number of amides is 1. The Morgan fingerprint density at radius 3 is 2.38 bits per heavy atom. The Hall–Kier alpha value is -3.81. The summed E-state index contributed by atoms with van der Waals surface area (Å²) in [6, 6.07) is 13.2. The topological polar surface area (TPSA) is 78.6 Å². The van der Waals surface area contributed by atoms with Crippen molar-refractivity contribution < 1.29 is 32.2 Å². The predicted molar refractivity (Wildman–Crippen MR) is 111 cm³/mol. The number of primary amides is 1. The summed E-state index contributed by atoms with van der Waals surface area (Å²) >= 11 is 0. The maximum Gasteiger partial charge on any atom is 0.248 e. The number of benzene rings is 3. The SMILES string of the molecule is Cc1c(OCc2ccc(F)c(F)c2)c(F)cc2c1OCCC2=O.NC(=O)c1ccccc1. The fourth-order valence-electron chi connectivity index (χ4n) is 3.08. The maximum absolute atomic E-state index is 14.2. The van der Waals surface area contributed by atoms with Crippen LogP contribution in [-0.4, -0.2) is 18.3 Å². The molecule has 1 aliphatic rings. The van der Waals surface area contributed by atoms with Crippen LogP contribution in [0.2, 0.25) is 0 Å². The molecule has 166 valence electrons. The number of nitrogens with two attached hydrogens (primary N) is 1. The molecule has 0 fully saturated rings. The van der Waals surface area contributed by atoms with Crippen LogP contribution >= 0.6 is 0 Å². The predicted octanol–water partition coefficient (Wildman–Crippen LogP) is 4.74. The Kier molecular flexibility index (Phi) is 7.14. The van der Waals surface area contributed by atoms with E-state index in [1.165, 1.54) is 6.07 Å². The number of hydrogen-bond donors (Lipinski definition) is 1. The fraction of sp³-hybridized carbons (Fsp3) is 0.167. The minimum absolute atomic E-state index is 0.0665. The molecule has 0 saturated heterocycles. The summed E-state index contributed by atoms with van der Waals surface area (Å²) < 4.78 is 51.1. The number of ether oxygens (including phenoxy) is 2. The van der Waals surface area contributed by atoms with Crippen molar-refractivity contribution in [3.63, 3.8) is 0 Å². The van der Waals surface area contributed by atoms with Gasteiger partial charge in [-0.1, -0.05) is 24.3 Å². The highest BCUT2D eigenvalue weighted by Gasteiger charge is 2.25. The van der Waals surface area contributed by atoms with Crippen LogP contribution in [0.25, 0.3) is 0 Å². The first-order chi connectivity index (χ1) is 15.3. The van der Waals surface area contributed by atoms with Gasteiger partial charge in [0.1, 0.15) is 12.4 Å². The van der Waals surface area contributed by atoms with Gasteiger partial charge in [0, 0.05) is 17.5 Å². The number of hydrogen-bond acceptors (Lipinski definition) is 4. The zero-order chi connectivity index (χ0) is 23.3. The maximum atomic E-state index is 14.2. The van der Waals surface area contributed by atoms with Gasteiger partial charge in [-0.05, 0) is 42.8 Å². The lowest BCUT2D eigenvalue weighted by atomic mass is 10.0. The van der Waals surface area contributed by atoms with Crippen molar-refractivity contribution in [2.45, 2.75) is 20.0 Å². The van der Waals surface area contributed by atoms with Crippen LogP contribution in [0.15, 0.2) is 54.6 Å². The molecular formula is C24H20F3NO4. The molecule has 32 heavy (non-hydrogen) atoms. The Balaban J connectivity index is 0.000000269. The Morgan fingerprint density at radius 1 is 1.03 bits per heavy atom. The smallest absolute Gasteiger partial charge is 0.248 e. The zero-order valence-electron chi connectivity index (χ0n) is 17.2. The summed E-state index contributed by atoms with van der Waals surface area (Å²) in [5.41, 5.74) is 6.46. The van der Waals surface area contributed by atoms with Crippen LogP contribution in [0, 0.1) is 24.4 Å². The molecule has 0 saturated carbocycles. The Bertz CT molecular complexity index is 1150. The van der Waals surface area contributed by atoms with Gasteiger partial charge in [-0.2, -0.15) is 0 Å². The van der Waals surface area contributed by atoms with E-state index in [4.69, 9.17) is 15.2 Å². The molecule has 8 heteroatoms. The first-order valence-corrected chi connectivity index (χ1v) is 9.68. The van der Waals surface area contributed by atoms with Crippen LogP contribution in [0.4, 0.5) is 13.2 Å². The van der Waals surface area contributed by atoms with E-state index < -0.39 is 17.5 Å². The van der Waals surface area contributed by atoms with E-state index >= 15 is 0 Å². The number of carbonyl (C=O) groups excluding carboxylic acids is 2. The van der Waals surface area contributed by atoms with E-state index in [1.54, 1.807) is 31.2 Å². The van der Waals surface area contributed by atoms with Gasteiger partial charge < -0.3 is 15.2 Å². The van der Waals surface area contributed by atoms with Crippen molar-refractivity contribution in [2.75, 3.05) is 6.61 Å². The minimum Gasteiger partial charge on any atom is -0.492 e. The molecule has 4 rings (SSSR count). The third-order valence-corrected chi connectivity index (χ3v) is 4.72. The molecule has 3 aromatic rings. The number of carbonyl (C=O) groups is 2. The molecule has 0 spiro atoms. The summed E-state index contributed by atoms with van der Waals surface area (Å²) in [5.74, 6) is -2.97. The van der Waals surface area contributed by atoms with Gasteiger partial charge in [-0.3, -0.25) is 9.59 Å². The second-order valence-corrected chi connectivity index (χ2v) is 6.98. The van der Waals surface area contributed by atoms with Gasteiger partial charge in [0.2, 0.25) is 5.91 Å². The first-order valence-electron chi connectivity index (χ1n) is 9.68. The molecule has 0 radical (unpaired) electrons. The average molecular weight is 443 g/mol. The molecule has 5 nitrogen and oxygen atoms in total. The van der Waals surface area contributed by atoms with Gasteiger partial charge in [0.15, 0.2) is 29.0 Å². The van der Waals surface area contributed by atoms with Crippen molar-refractivity contribution in [1.82, 2.24) is 0 Å². The van der Waals surface area contributed by atoms with Crippen molar-refractivity contribution in [3.05, 3.63) is 94.3 Å². The van der Waals surface area contributed by atoms with E-state index in [9.17, 15) is 22.8 Å². The lowest BCUT2D eigenvalue weighted by molar-refractivity contribution is 0.0930. The summed E-state index contributed by atoms with van der Waals surface area (Å²) in [6.07, 6.45) is 0.209. The summed E-state index contributed by atoms with van der Waals surface area (Å²) in [7, 11) is 0. The van der Waals surface area contributed by atoms with Gasteiger partial charge in [-0.15, -0.1) is 0 Å². The molecule has 0 aromatic heterocycles. The van der Waals surface area contributed by atoms with Gasteiger partial charge in [0.05, 0.1) is 12.2 Å². The van der Waals surface area contributed by atoms with Crippen molar-refractivity contribution in [2.24, 2.45) is 5.73 Å². The number of rotatable bonds is 4. The number of fused-ring (bicyclic) bond motifs is 1. The van der Waals surface area contributed by atoms with Crippen molar-refractivity contribution in [3.8, 4) is 11.5 Å². The highest BCUT2D eigenvalue weighted by molar-refractivity contribution is 6.00. The summed E-state index contributed by atoms with van der Waals surface area (Å²) in [6.45, 7) is 1.68. The Labute approximate surface area is 182 Å². The van der Waals surface area contributed by atoms with Gasteiger partial charge in [-0.25, -0.2) is 13.2 Å². The minimum atomic E-state index is -0.998. The highest BCUT2D eigenvalue weighted by atomic mass is 19.2. The number of halogens is 3. The highest BCUT2D eigenvalue weighted by Crippen LogP contribution is 2.37. The molecule has 1 heterocycles. The molecule has 0 atom stereocenters. The number of Topliss-reactive ketones (excluding diaryl/α,β-unsaturated/α-hetero) is 1. The van der Waals surface area contributed by atoms with Crippen LogP contribution < -0.4 is 15.2 Å². The van der Waals surface area contributed by atoms with E-state index in [-0.39, 0.29) is 42.6 Å². The van der Waals surface area contributed by atoms with Crippen LogP contribution in [0.1, 0.15) is 38.3 Å². The van der Waals surface area contributed by atoms with Crippen molar-refractivity contribution in [1.29, 1.82) is 0 Å². The standard InChI is InChI=1S/C17H13F3O3.C7H7NO/c1-9-16-11(15(21)4-5-22-16)7-14(20)17(9)23-8-10-2-3-12(18)13(19)6-10;8-7(9)6-4-2-1-3-5-6/h2-3,6-7H,4-5,8H2,1H3;1-5H,(H2,8,9). The lowest BCUT2D eigenvalue weighted by Gasteiger charge is -2.21. The van der Waals surface area contributed by atoms with Gasteiger partial charge in [0.25, 0.3) is 0 Å². The average Bonchev–Trinajstić information content (AvgIpc) is 2.78. The lowest BCUT2D eigenvalue weighted by Crippen LogP contribution is -2.17. The molecule has 0 unspecified atom stereocenters. The molecule has 2 N–H and O–H groups in total. The van der Waals surface area contributed by atoms with E-state index in [1.807, 2.05) is 6.07 Å². The molecular weight excluding hydrogens is 423 g/mol. The third-order valence-electron chi connectivity index (χ3n) is 4.72.